The van der Waals surface area contributed by atoms with E-state index in [4.69, 9.17) is 9.47 Å². The summed E-state index contributed by atoms with van der Waals surface area (Å²) in [5.74, 6) is 1.71. The Kier molecular flexibility index (Phi) is 3.89. The fourth-order valence-corrected chi connectivity index (χ4v) is 3.39. The maximum Gasteiger partial charge on any atom is 0.231 e. The Labute approximate surface area is 135 Å². The number of aromatic nitrogens is 1. The maximum atomic E-state index is 10.6. The molecular weight excluding hydrogens is 292 g/mol. The van der Waals surface area contributed by atoms with Gasteiger partial charge in [0.25, 0.3) is 0 Å². The molecule has 2 aliphatic rings. The van der Waals surface area contributed by atoms with Gasteiger partial charge in [-0.3, -0.25) is 9.88 Å². The van der Waals surface area contributed by atoms with E-state index in [-0.39, 0.29) is 18.8 Å². The first kappa shape index (κ1) is 14.5. The number of hydrogen-bond acceptors (Lipinski definition) is 5. The van der Waals surface area contributed by atoms with Crippen molar-refractivity contribution >= 4 is 0 Å². The Morgan fingerprint density at radius 1 is 1.17 bits per heavy atom. The second-order valence-corrected chi connectivity index (χ2v) is 6.13. The fourth-order valence-electron chi connectivity index (χ4n) is 3.39. The fraction of sp³-hybridized carbons (Fsp3) is 0.389. The molecule has 0 amide bonds. The zero-order valence-corrected chi connectivity index (χ0v) is 12.9. The minimum absolute atomic E-state index is 0.143. The lowest BCUT2D eigenvalue weighted by atomic mass is 9.87. The van der Waals surface area contributed by atoms with E-state index < -0.39 is 0 Å². The summed E-state index contributed by atoms with van der Waals surface area (Å²) in [6, 6.07) is 11.9. The van der Waals surface area contributed by atoms with Crippen LogP contribution in [0.4, 0.5) is 0 Å². The summed E-state index contributed by atoms with van der Waals surface area (Å²) in [5, 5.41) is 10.6. The van der Waals surface area contributed by atoms with Crippen molar-refractivity contribution in [2.75, 3.05) is 19.9 Å². The van der Waals surface area contributed by atoms with Crippen LogP contribution >= 0.6 is 0 Å². The molecule has 1 fully saturated rings. The topological polar surface area (TPSA) is 54.8 Å². The number of aliphatic hydroxyl groups is 1. The van der Waals surface area contributed by atoms with Crippen LogP contribution in [0.25, 0.3) is 0 Å². The Balaban J connectivity index is 1.43. The monoisotopic (exact) mass is 312 g/mol. The van der Waals surface area contributed by atoms with Crippen molar-refractivity contribution in [2.24, 2.45) is 0 Å². The molecule has 0 bridgehead atoms. The van der Waals surface area contributed by atoms with Crippen LogP contribution < -0.4 is 9.47 Å². The molecular formula is C18H20N2O3. The molecule has 3 heterocycles. The molecule has 2 atom stereocenters. The lowest BCUT2D eigenvalue weighted by Crippen LogP contribution is -2.42. The summed E-state index contributed by atoms with van der Waals surface area (Å²) in [6.07, 6.45) is 2.35. The molecule has 1 saturated heterocycles. The Morgan fingerprint density at radius 3 is 2.91 bits per heavy atom. The number of nitrogens with zero attached hydrogens (tertiary/aromatic N) is 2. The highest BCUT2D eigenvalue weighted by Gasteiger charge is 2.30. The summed E-state index contributed by atoms with van der Waals surface area (Å²) in [7, 11) is 0. The number of ether oxygens (including phenoxy) is 2. The molecule has 120 valence electrons. The average molecular weight is 312 g/mol. The summed E-state index contributed by atoms with van der Waals surface area (Å²) in [4.78, 5) is 6.62. The number of benzene rings is 1. The third kappa shape index (κ3) is 3.02. The molecule has 0 spiro atoms. The van der Waals surface area contributed by atoms with Gasteiger partial charge < -0.3 is 14.6 Å². The first-order valence-electron chi connectivity index (χ1n) is 7.99. The maximum absolute atomic E-state index is 10.6. The number of pyridine rings is 1. The highest BCUT2D eigenvalue weighted by Crippen LogP contribution is 2.37. The van der Waals surface area contributed by atoms with Gasteiger partial charge in [0.05, 0.1) is 11.8 Å². The third-order valence-electron chi connectivity index (χ3n) is 4.60. The van der Waals surface area contributed by atoms with E-state index in [2.05, 4.69) is 9.88 Å². The van der Waals surface area contributed by atoms with Crippen molar-refractivity contribution in [1.82, 2.24) is 9.88 Å². The Bertz CT molecular complexity index is 677. The highest BCUT2D eigenvalue weighted by molar-refractivity contribution is 5.45. The van der Waals surface area contributed by atoms with Crippen molar-refractivity contribution in [3.8, 4) is 11.5 Å². The van der Waals surface area contributed by atoms with E-state index in [0.717, 1.165) is 42.3 Å². The van der Waals surface area contributed by atoms with E-state index in [1.165, 1.54) is 0 Å². The summed E-state index contributed by atoms with van der Waals surface area (Å²) in [5.41, 5.74) is 2.17. The normalized spacial score (nSPS) is 23.9. The smallest absolute Gasteiger partial charge is 0.231 e. The Morgan fingerprint density at radius 2 is 2.09 bits per heavy atom. The summed E-state index contributed by atoms with van der Waals surface area (Å²) < 4.78 is 10.8. The van der Waals surface area contributed by atoms with Crippen LogP contribution in [-0.2, 0) is 6.54 Å². The third-order valence-corrected chi connectivity index (χ3v) is 4.60. The number of hydrogen-bond donors (Lipinski definition) is 1. The predicted molar refractivity (Wildman–Crippen MR) is 85.4 cm³/mol. The number of likely N-dealkylation sites (tertiary alicyclic amines) is 1. The summed E-state index contributed by atoms with van der Waals surface area (Å²) in [6.45, 7) is 2.68. The van der Waals surface area contributed by atoms with Gasteiger partial charge in [0.2, 0.25) is 6.79 Å². The minimum atomic E-state index is -0.382. The van der Waals surface area contributed by atoms with E-state index in [1.807, 2.05) is 42.6 Å². The molecule has 5 heteroatoms. The summed E-state index contributed by atoms with van der Waals surface area (Å²) >= 11 is 0. The van der Waals surface area contributed by atoms with Crippen LogP contribution in [0, 0.1) is 0 Å². The quantitative estimate of drug-likeness (QED) is 0.941. The van der Waals surface area contributed by atoms with Gasteiger partial charge in [0.1, 0.15) is 0 Å². The number of rotatable bonds is 3. The van der Waals surface area contributed by atoms with Crippen LogP contribution in [0.3, 0.4) is 0 Å². The second kappa shape index (κ2) is 6.18. The molecule has 5 nitrogen and oxygen atoms in total. The van der Waals surface area contributed by atoms with E-state index in [1.54, 1.807) is 0 Å². The zero-order valence-electron chi connectivity index (χ0n) is 12.9. The van der Waals surface area contributed by atoms with Crippen LogP contribution in [-0.4, -0.2) is 41.0 Å². The van der Waals surface area contributed by atoms with Gasteiger partial charge in [0, 0.05) is 25.2 Å². The number of β-amino-alcohol motifs (C(OH)–C–C–N with tert-alkyl or cyclic N) is 1. The van der Waals surface area contributed by atoms with Crippen molar-refractivity contribution < 1.29 is 14.6 Å². The van der Waals surface area contributed by atoms with E-state index in [0.29, 0.717) is 6.54 Å². The van der Waals surface area contributed by atoms with Gasteiger partial charge >= 0.3 is 0 Å². The van der Waals surface area contributed by atoms with Gasteiger partial charge in [-0.2, -0.15) is 0 Å². The SMILES string of the molecule is O[C@@H]1CN(Cc2ccccn2)CC[C@H]1c1ccc2c(c1)OCO2. The van der Waals surface area contributed by atoms with Gasteiger partial charge in [-0.15, -0.1) is 0 Å². The van der Waals surface area contributed by atoms with Gasteiger partial charge in [-0.05, 0) is 42.8 Å². The van der Waals surface area contributed by atoms with E-state index in [9.17, 15) is 5.11 Å². The van der Waals surface area contributed by atoms with Crippen molar-refractivity contribution in [3.63, 3.8) is 0 Å². The van der Waals surface area contributed by atoms with Crippen molar-refractivity contribution in [1.29, 1.82) is 0 Å². The van der Waals surface area contributed by atoms with Crippen LogP contribution in [0.15, 0.2) is 42.6 Å². The van der Waals surface area contributed by atoms with E-state index >= 15 is 0 Å². The molecule has 1 aromatic carbocycles. The lowest BCUT2D eigenvalue weighted by Gasteiger charge is -2.36. The van der Waals surface area contributed by atoms with Crippen molar-refractivity contribution in [3.05, 3.63) is 53.9 Å². The number of piperidine rings is 1. The first-order valence-corrected chi connectivity index (χ1v) is 7.99. The molecule has 2 aliphatic heterocycles. The molecule has 1 N–H and O–H groups in total. The molecule has 0 saturated carbocycles. The first-order chi connectivity index (χ1) is 11.3. The molecule has 4 rings (SSSR count). The average Bonchev–Trinajstić information content (AvgIpc) is 3.03. The standard InChI is InChI=1S/C18H20N2O3/c21-16-11-20(10-14-3-1-2-7-19-14)8-6-15(16)13-4-5-17-18(9-13)23-12-22-17/h1-5,7,9,15-16,21H,6,8,10-12H2/t15-,16+/m0/s1. The number of aliphatic hydroxyl groups excluding tert-OH is 1. The molecule has 0 aliphatic carbocycles. The molecule has 2 aromatic rings. The van der Waals surface area contributed by atoms with Gasteiger partial charge in [0.15, 0.2) is 11.5 Å². The predicted octanol–water partition coefficient (Wildman–Crippen LogP) is 2.16. The molecule has 23 heavy (non-hydrogen) atoms. The second-order valence-electron chi connectivity index (χ2n) is 6.13. The number of fused-ring (bicyclic) bond motifs is 1. The highest BCUT2D eigenvalue weighted by atomic mass is 16.7. The molecule has 0 radical (unpaired) electrons. The van der Waals surface area contributed by atoms with Crippen molar-refractivity contribution in [2.45, 2.75) is 25.0 Å². The minimum Gasteiger partial charge on any atom is -0.454 e. The molecule has 0 unspecified atom stereocenters. The van der Waals surface area contributed by atoms with Crippen LogP contribution in [0.1, 0.15) is 23.6 Å². The van der Waals surface area contributed by atoms with Gasteiger partial charge in [-0.1, -0.05) is 12.1 Å². The van der Waals surface area contributed by atoms with Gasteiger partial charge in [-0.25, -0.2) is 0 Å². The Hall–Kier alpha value is -2.11. The lowest BCUT2D eigenvalue weighted by molar-refractivity contribution is 0.0471. The zero-order chi connectivity index (χ0) is 15.6. The van der Waals surface area contributed by atoms with Crippen LogP contribution in [0.5, 0.6) is 11.5 Å². The van der Waals surface area contributed by atoms with Crippen LogP contribution in [0.2, 0.25) is 0 Å². The largest absolute Gasteiger partial charge is 0.454 e. The molecule has 1 aromatic heterocycles.